The van der Waals surface area contributed by atoms with Crippen LogP contribution in [0.15, 0.2) is 42.5 Å². The Morgan fingerprint density at radius 3 is 2.55 bits per heavy atom. The summed E-state index contributed by atoms with van der Waals surface area (Å²) in [5, 5.41) is 6.94. The van der Waals surface area contributed by atoms with E-state index in [0.29, 0.717) is 18.7 Å². The van der Waals surface area contributed by atoms with Crippen molar-refractivity contribution >= 4 is 22.6 Å². The van der Waals surface area contributed by atoms with Crippen LogP contribution in [0.4, 0.5) is 10.5 Å². The van der Waals surface area contributed by atoms with E-state index in [1.165, 1.54) is 6.42 Å². The number of ether oxygens (including phenoxy) is 1. The van der Waals surface area contributed by atoms with Gasteiger partial charge in [-0.2, -0.15) is 0 Å². The Bertz CT molecular complexity index is 1160. The zero-order valence-electron chi connectivity index (χ0n) is 17.8. The summed E-state index contributed by atoms with van der Waals surface area (Å²) in [6.45, 7) is 2.63. The molecule has 158 valence electrons. The molecule has 2 aliphatic carbocycles. The van der Waals surface area contributed by atoms with E-state index in [0.717, 1.165) is 64.8 Å². The van der Waals surface area contributed by atoms with E-state index < -0.39 is 0 Å². The number of carbonyl (C=O) groups excluding carboxylic acids is 1. The van der Waals surface area contributed by atoms with Gasteiger partial charge in [0, 0.05) is 29.2 Å². The molecule has 2 fully saturated rings. The van der Waals surface area contributed by atoms with Crippen LogP contribution in [0.25, 0.3) is 22.2 Å². The molecule has 5 heteroatoms. The molecule has 0 radical (unpaired) electrons. The normalized spacial score (nSPS) is 15.9. The molecule has 31 heavy (non-hydrogen) atoms. The quantitative estimate of drug-likeness (QED) is 0.510. The zero-order chi connectivity index (χ0) is 21.4. The van der Waals surface area contributed by atoms with Crippen molar-refractivity contribution in [1.29, 1.82) is 0 Å². The van der Waals surface area contributed by atoms with E-state index in [-0.39, 0.29) is 6.03 Å². The van der Waals surface area contributed by atoms with Crippen molar-refractivity contribution in [3.63, 3.8) is 0 Å². The fourth-order valence-corrected chi connectivity index (χ4v) is 4.29. The second-order valence-corrected chi connectivity index (χ2v) is 8.38. The van der Waals surface area contributed by atoms with Crippen LogP contribution in [0.3, 0.4) is 0 Å². The fraction of sp³-hybridized carbons (Fsp3) is 0.346. The van der Waals surface area contributed by atoms with Gasteiger partial charge in [-0.25, -0.2) is 4.79 Å². The average molecular weight is 414 g/mol. The molecule has 1 aromatic heterocycles. The molecule has 2 amide bonds. The van der Waals surface area contributed by atoms with Crippen LogP contribution in [0, 0.1) is 12.3 Å². The number of nitrogens with one attached hydrogen (secondary N) is 2. The van der Waals surface area contributed by atoms with Crippen molar-refractivity contribution in [1.82, 2.24) is 9.88 Å². The van der Waals surface area contributed by atoms with Crippen LogP contribution in [0.5, 0.6) is 5.75 Å². The summed E-state index contributed by atoms with van der Waals surface area (Å²) in [7, 11) is 0. The summed E-state index contributed by atoms with van der Waals surface area (Å²) in [4.78, 5) is 12.0. The second-order valence-electron chi connectivity index (χ2n) is 8.38. The molecule has 2 saturated carbocycles. The number of hydrogen-bond donors (Lipinski definition) is 2. The van der Waals surface area contributed by atoms with Gasteiger partial charge in [0.05, 0.1) is 23.4 Å². The lowest BCUT2D eigenvalue weighted by Crippen LogP contribution is -2.30. The first-order chi connectivity index (χ1) is 15.2. The van der Waals surface area contributed by atoms with Gasteiger partial charge < -0.3 is 19.9 Å². The van der Waals surface area contributed by atoms with Crippen LogP contribution in [0.1, 0.15) is 50.6 Å². The maximum Gasteiger partial charge on any atom is 0.319 e. The van der Waals surface area contributed by atoms with Crippen molar-refractivity contribution in [2.75, 3.05) is 11.9 Å². The highest BCUT2D eigenvalue weighted by Crippen LogP contribution is 2.43. The SMILES string of the molecule is C#Cc1c(-c2ccc(NC(=O)NC3CC3)cc2)n(C2CCC2)c2cc(OCC)ccc12. The lowest BCUT2D eigenvalue weighted by atomic mass is 9.92. The van der Waals surface area contributed by atoms with Crippen molar-refractivity contribution in [3.8, 4) is 29.4 Å². The van der Waals surface area contributed by atoms with E-state index in [9.17, 15) is 4.79 Å². The first kappa shape index (κ1) is 19.6. The number of terminal acetylenes is 1. The van der Waals surface area contributed by atoms with Gasteiger partial charge >= 0.3 is 6.03 Å². The Labute approximate surface area is 182 Å². The lowest BCUT2D eigenvalue weighted by molar-refractivity contribution is 0.251. The van der Waals surface area contributed by atoms with Crippen LogP contribution >= 0.6 is 0 Å². The third-order valence-corrected chi connectivity index (χ3v) is 6.20. The molecule has 1 heterocycles. The van der Waals surface area contributed by atoms with E-state index in [4.69, 9.17) is 11.2 Å². The van der Waals surface area contributed by atoms with E-state index in [1.807, 2.05) is 37.3 Å². The predicted octanol–water partition coefficient (Wildman–Crippen LogP) is 5.70. The van der Waals surface area contributed by atoms with Crippen LogP contribution in [-0.4, -0.2) is 23.2 Å². The molecular formula is C26H27N3O2. The molecule has 0 spiro atoms. The van der Waals surface area contributed by atoms with Crippen LogP contribution in [-0.2, 0) is 0 Å². The zero-order valence-corrected chi connectivity index (χ0v) is 17.8. The number of fused-ring (bicyclic) bond motifs is 1. The Morgan fingerprint density at radius 1 is 1.16 bits per heavy atom. The Kier molecular flexibility index (Phi) is 5.07. The number of aromatic nitrogens is 1. The number of carbonyl (C=O) groups is 1. The van der Waals surface area contributed by atoms with Gasteiger partial charge in [0.2, 0.25) is 0 Å². The van der Waals surface area contributed by atoms with Gasteiger partial charge in [-0.1, -0.05) is 18.1 Å². The monoisotopic (exact) mass is 413 g/mol. The first-order valence-electron chi connectivity index (χ1n) is 11.1. The highest BCUT2D eigenvalue weighted by atomic mass is 16.5. The third-order valence-electron chi connectivity index (χ3n) is 6.20. The maximum absolute atomic E-state index is 12.0. The molecule has 2 aliphatic rings. The summed E-state index contributed by atoms with van der Waals surface area (Å²) < 4.78 is 8.16. The van der Waals surface area contributed by atoms with Gasteiger partial charge in [-0.3, -0.25) is 0 Å². The summed E-state index contributed by atoms with van der Waals surface area (Å²) in [5.74, 6) is 3.81. The van der Waals surface area contributed by atoms with Gasteiger partial charge in [0.1, 0.15) is 5.75 Å². The maximum atomic E-state index is 12.0. The molecule has 2 aromatic carbocycles. The highest BCUT2D eigenvalue weighted by molar-refractivity contribution is 5.96. The Hall–Kier alpha value is -3.39. The van der Waals surface area contributed by atoms with Crippen molar-refractivity contribution in [3.05, 3.63) is 48.0 Å². The highest BCUT2D eigenvalue weighted by Gasteiger charge is 2.27. The van der Waals surface area contributed by atoms with Crippen LogP contribution in [0.2, 0.25) is 0 Å². The minimum absolute atomic E-state index is 0.147. The van der Waals surface area contributed by atoms with Gasteiger partial charge in [0.25, 0.3) is 0 Å². The van der Waals surface area contributed by atoms with Crippen molar-refractivity contribution < 1.29 is 9.53 Å². The minimum atomic E-state index is -0.147. The number of hydrogen-bond acceptors (Lipinski definition) is 2. The number of benzene rings is 2. The number of urea groups is 1. The first-order valence-corrected chi connectivity index (χ1v) is 11.1. The summed E-state index contributed by atoms with van der Waals surface area (Å²) in [6.07, 6.45) is 11.7. The standard InChI is InChI=1S/C26H27N3O2/c1-3-22-23-15-14-21(31-4-2)16-24(23)29(20-6-5-7-20)25(22)17-8-10-18(11-9-17)27-26(30)28-19-12-13-19/h1,8-11,14-16,19-20H,4-7,12-13H2,2H3,(H2,27,28,30). The number of rotatable bonds is 6. The van der Waals surface area contributed by atoms with Crippen molar-refractivity contribution in [2.24, 2.45) is 0 Å². The number of amides is 2. The van der Waals surface area contributed by atoms with Gasteiger partial charge in [-0.15, -0.1) is 6.42 Å². The second kappa shape index (κ2) is 8.03. The molecule has 0 unspecified atom stereocenters. The molecule has 0 saturated heterocycles. The lowest BCUT2D eigenvalue weighted by Gasteiger charge is -2.30. The average Bonchev–Trinajstić information content (AvgIpc) is 3.49. The number of anilines is 1. The summed E-state index contributed by atoms with van der Waals surface area (Å²) in [5.41, 5.74) is 4.95. The molecular weight excluding hydrogens is 386 g/mol. The summed E-state index contributed by atoms with van der Waals surface area (Å²) in [6, 6.07) is 14.8. The molecule has 2 N–H and O–H groups in total. The van der Waals surface area contributed by atoms with Gasteiger partial charge in [-0.05, 0) is 68.9 Å². The molecule has 0 atom stereocenters. The van der Waals surface area contributed by atoms with Gasteiger partial charge in [0.15, 0.2) is 0 Å². The summed E-state index contributed by atoms with van der Waals surface area (Å²) >= 11 is 0. The van der Waals surface area contributed by atoms with E-state index in [2.05, 4.69) is 33.3 Å². The largest absolute Gasteiger partial charge is 0.494 e. The molecule has 0 bridgehead atoms. The molecule has 3 aromatic rings. The topological polar surface area (TPSA) is 55.3 Å². The predicted molar refractivity (Wildman–Crippen MR) is 125 cm³/mol. The van der Waals surface area contributed by atoms with E-state index >= 15 is 0 Å². The fourth-order valence-electron chi connectivity index (χ4n) is 4.29. The minimum Gasteiger partial charge on any atom is -0.494 e. The Morgan fingerprint density at radius 2 is 1.94 bits per heavy atom. The third kappa shape index (κ3) is 3.74. The smallest absolute Gasteiger partial charge is 0.319 e. The van der Waals surface area contributed by atoms with E-state index in [1.54, 1.807) is 0 Å². The number of nitrogens with zero attached hydrogens (tertiary/aromatic N) is 1. The molecule has 5 nitrogen and oxygen atoms in total. The molecule has 5 rings (SSSR count). The van der Waals surface area contributed by atoms with Crippen LogP contribution < -0.4 is 15.4 Å². The van der Waals surface area contributed by atoms with Crippen molar-refractivity contribution in [2.45, 2.75) is 51.1 Å². The molecule has 0 aliphatic heterocycles. The Balaban J connectivity index is 1.55.